The molecule has 8 nitrogen and oxygen atoms in total. The van der Waals surface area contributed by atoms with Gasteiger partial charge in [-0.1, -0.05) is 36.0 Å². The van der Waals surface area contributed by atoms with E-state index in [1.165, 1.54) is 28.5 Å². The molecular weight excluding hydrogens is 426 g/mol. The van der Waals surface area contributed by atoms with Crippen molar-refractivity contribution in [3.8, 4) is 5.69 Å². The number of para-hydroxylation sites is 3. The van der Waals surface area contributed by atoms with Crippen molar-refractivity contribution in [2.24, 2.45) is 7.05 Å². The Bertz CT molecular complexity index is 1540. The van der Waals surface area contributed by atoms with E-state index in [0.717, 1.165) is 16.2 Å². The average molecular weight is 443 g/mol. The second-order valence-corrected chi connectivity index (χ2v) is 8.13. The molecule has 0 saturated carbocycles. The summed E-state index contributed by atoms with van der Waals surface area (Å²) in [6.07, 6.45) is 0. The highest BCUT2D eigenvalue weighted by molar-refractivity contribution is 7.98. The summed E-state index contributed by atoms with van der Waals surface area (Å²) in [6.45, 7) is 0. The number of fused-ring (bicyclic) bond motifs is 2. The summed E-state index contributed by atoms with van der Waals surface area (Å²) in [5.41, 5.74) is 2.80. The van der Waals surface area contributed by atoms with E-state index in [2.05, 4.69) is 4.98 Å². The van der Waals surface area contributed by atoms with Gasteiger partial charge in [-0.05, 0) is 36.4 Å². The highest BCUT2D eigenvalue weighted by atomic mass is 32.2. The normalized spacial score (nSPS) is 11.3. The second kappa shape index (κ2) is 7.93. The Morgan fingerprint density at radius 1 is 0.938 bits per heavy atom. The number of hydrogen-bond donors (Lipinski definition) is 0. The van der Waals surface area contributed by atoms with Crippen LogP contribution in [-0.2, 0) is 12.8 Å². The molecule has 32 heavy (non-hydrogen) atoms. The fourth-order valence-corrected chi connectivity index (χ4v) is 4.55. The van der Waals surface area contributed by atoms with Gasteiger partial charge in [0.25, 0.3) is 11.2 Å². The number of thioether (sulfide) groups is 1. The smallest absolute Gasteiger partial charge is 0.269 e. The Balaban J connectivity index is 1.60. The average Bonchev–Trinajstić information content (AvgIpc) is 3.13. The molecule has 9 heteroatoms. The minimum absolute atomic E-state index is 0.0360. The van der Waals surface area contributed by atoms with E-state index in [-0.39, 0.29) is 11.2 Å². The van der Waals surface area contributed by atoms with E-state index in [9.17, 15) is 14.9 Å². The molecule has 0 radical (unpaired) electrons. The molecule has 3 aromatic carbocycles. The lowest BCUT2D eigenvalue weighted by Gasteiger charge is -2.13. The molecule has 0 aliphatic heterocycles. The molecule has 5 rings (SSSR count). The van der Waals surface area contributed by atoms with Crippen LogP contribution in [0.3, 0.4) is 0 Å². The molecule has 0 atom stereocenters. The molecular formula is C23H17N5O3S. The number of non-ortho nitro benzene ring substituents is 1. The van der Waals surface area contributed by atoms with Gasteiger partial charge in [0.1, 0.15) is 5.82 Å². The van der Waals surface area contributed by atoms with Crippen molar-refractivity contribution < 1.29 is 4.92 Å². The fourth-order valence-electron chi connectivity index (χ4n) is 3.65. The molecule has 0 bridgehead atoms. The van der Waals surface area contributed by atoms with Gasteiger partial charge in [-0.3, -0.25) is 19.5 Å². The van der Waals surface area contributed by atoms with Gasteiger partial charge in [-0.2, -0.15) is 0 Å². The largest absolute Gasteiger partial charge is 0.322 e. The first kappa shape index (κ1) is 20.0. The Morgan fingerprint density at radius 3 is 2.34 bits per heavy atom. The number of benzene rings is 3. The van der Waals surface area contributed by atoms with Crippen LogP contribution in [0.25, 0.3) is 27.6 Å². The Morgan fingerprint density at radius 2 is 1.62 bits per heavy atom. The number of nitrogens with zero attached hydrogens (tertiary/aromatic N) is 5. The van der Waals surface area contributed by atoms with E-state index in [4.69, 9.17) is 4.98 Å². The van der Waals surface area contributed by atoms with Gasteiger partial charge in [0.2, 0.25) is 0 Å². The molecule has 0 saturated heterocycles. The third-order valence-corrected chi connectivity index (χ3v) is 6.27. The van der Waals surface area contributed by atoms with Crippen molar-refractivity contribution in [1.29, 1.82) is 0 Å². The maximum absolute atomic E-state index is 13.3. The van der Waals surface area contributed by atoms with Gasteiger partial charge in [0.05, 0.1) is 38.3 Å². The summed E-state index contributed by atoms with van der Waals surface area (Å²) in [4.78, 5) is 33.3. The minimum atomic E-state index is -0.465. The molecule has 0 spiro atoms. The summed E-state index contributed by atoms with van der Waals surface area (Å²) in [5.74, 6) is 0.938. The minimum Gasteiger partial charge on any atom is -0.322 e. The third kappa shape index (κ3) is 3.42. The van der Waals surface area contributed by atoms with E-state index in [1.807, 2.05) is 41.9 Å². The van der Waals surface area contributed by atoms with Crippen LogP contribution in [0.4, 0.5) is 5.69 Å². The molecule has 2 heterocycles. The first-order chi connectivity index (χ1) is 15.5. The molecule has 0 fully saturated rings. The Kier molecular flexibility index (Phi) is 4.95. The molecule has 2 aromatic heterocycles. The lowest BCUT2D eigenvalue weighted by Crippen LogP contribution is -2.23. The Labute approximate surface area is 186 Å². The number of nitro benzene ring substituents is 1. The highest BCUT2D eigenvalue weighted by Gasteiger charge is 2.16. The summed E-state index contributed by atoms with van der Waals surface area (Å²) in [7, 11) is 1.95. The standard InChI is InChI=1S/C23H17N5O3S/c1-26-20-9-5-4-8-19(20)25-23(26)32-14-21-24-18-7-3-2-6-17(18)22(29)27(21)15-10-12-16(13-11-15)28(30)31/h2-13H,14H2,1H3. The van der Waals surface area contributed by atoms with E-state index >= 15 is 0 Å². The van der Waals surface area contributed by atoms with Gasteiger partial charge < -0.3 is 4.57 Å². The lowest BCUT2D eigenvalue weighted by molar-refractivity contribution is -0.384. The number of nitro groups is 1. The van der Waals surface area contributed by atoms with Crippen LogP contribution in [0, 0.1) is 10.1 Å². The van der Waals surface area contributed by atoms with Crippen molar-refractivity contribution in [3.05, 3.63) is 99.1 Å². The van der Waals surface area contributed by atoms with Gasteiger partial charge in [-0.25, -0.2) is 9.97 Å². The van der Waals surface area contributed by atoms with E-state index < -0.39 is 4.92 Å². The number of aromatic nitrogens is 4. The number of aryl methyl sites for hydroxylation is 1. The van der Waals surface area contributed by atoms with E-state index in [1.54, 1.807) is 30.3 Å². The monoisotopic (exact) mass is 443 g/mol. The summed E-state index contributed by atoms with van der Waals surface area (Å²) >= 11 is 1.48. The predicted molar refractivity (Wildman–Crippen MR) is 124 cm³/mol. The van der Waals surface area contributed by atoms with Gasteiger partial charge in [-0.15, -0.1) is 0 Å². The zero-order valence-electron chi connectivity index (χ0n) is 17.0. The van der Waals surface area contributed by atoms with Crippen LogP contribution in [0.15, 0.2) is 82.7 Å². The van der Waals surface area contributed by atoms with Gasteiger partial charge in [0, 0.05) is 19.2 Å². The van der Waals surface area contributed by atoms with Crippen LogP contribution in [-0.4, -0.2) is 24.0 Å². The summed E-state index contributed by atoms with van der Waals surface area (Å²) < 4.78 is 3.52. The number of imidazole rings is 1. The Hall–Kier alpha value is -3.98. The number of rotatable bonds is 5. The van der Waals surface area contributed by atoms with Gasteiger partial charge in [0.15, 0.2) is 5.16 Å². The zero-order valence-corrected chi connectivity index (χ0v) is 17.8. The lowest BCUT2D eigenvalue weighted by atomic mass is 10.2. The predicted octanol–water partition coefficient (Wildman–Crippen LogP) is 4.47. The number of hydrogen-bond acceptors (Lipinski definition) is 6. The quantitative estimate of drug-likeness (QED) is 0.226. The van der Waals surface area contributed by atoms with Crippen LogP contribution in [0.5, 0.6) is 0 Å². The van der Waals surface area contributed by atoms with Crippen molar-refractivity contribution in [3.63, 3.8) is 0 Å². The molecule has 5 aromatic rings. The molecule has 0 amide bonds. The van der Waals surface area contributed by atoms with Crippen LogP contribution in [0.1, 0.15) is 5.82 Å². The van der Waals surface area contributed by atoms with E-state index in [0.29, 0.717) is 28.2 Å². The van der Waals surface area contributed by atoms with Crippen molar-refractivity contribution in [2.45, 2.75) is 10.9 Å². The first-order valence-electron chi connectivity index (χ1n) is 9.82. The first-order valence-corrected chi connectivity index (χ1v) is 10.8. The van der Waals surface area contributed by atoms with Crippen molar-refractivity contribution >= 4 is 39.4 Å². The third-order valence-electron chi connectivity index (χ3n) is 5.24. The summed E-state index contributed by atoms with van der Waals surface area (Å²) in [5, 5.41) is 12.3. The second-order valence-electron chi connectivity index (χ2n) is 7.19. The van der Waals surface area contributed by atoms with Crippen LogP contribution < -0.4 is 5.56 Å². The molecule has 158 valence electrons. The fraction of sp³-hybridized carbons (Fsp3) is 0.0870. The molecule has 0 aliphatic rings. The molecule has 0 unspecified atom stereocenters. The SMILES string of the molecule is Cn1c(SCc2nc3ccccc3c(=O)n2-c2ccc([N+](=O)[O-])cc2)nc2ccccc21. The highest BCUT2D eigenvalue weighted by Crippen LogP contribution is 2.26. The maximum Gasteiger partial charge on any atom is 0.269 e. The van der Waals surface area contributed by atoms with Crippen molar-refractivity contribution in [1.82, 2.24) is 19.1 Å². The summed E-state index contributed by atoms with van der Waals surface area (Å²) in [6, 6.07) is 21.0. The molecule has 0 aliphatic carbocycles. The van der Waals surface area contributed by atoms with Crippen LogP contribution >= 0.6 is 11.8 Å². The van der Waals surface area contributed by atoms with Gasteiger partial charge >= 0.3 is 0 Å². The van der Waals surface area contributed by atoms with Crippen molar-refractivity contribution in [2.75, 3.05) is 0 Å². The topological polar surface area (TPSA) is 95.8 Å². The maximum atomic E-state index is 13.3. The zero-order chi connectivity index (χ0) is 22.2. The molecule has 0 N–H and O–H groups in total. The van der Waals surface area contributed by atoms with Crippen LogP contribution in [0.2, 0.25) is 0 Å².